The lowest BCUT2D eigenvalue weighted by Crippen LogP contribution is -2.33. The average Bonchev–Trinajstić information content (AvgIpc) is 3.15. The summed E-state index contributed by atoms with van der Waals surface area (Å²) in [6, 6.07) is 16.8. The van der Waals surface area contributed by atoms with Crippen molar-refractivity contribution < 1.29 is 13.2 Å². The molecule has 146 valence electrons. The Balaban J connectivity index is 1.62. The maximum atomic E-state index is 12.4. The van der Waals surface area contributed by atoms with Crippen molar-refractivity contribution in [2.75, 3.05) is 4.72 Å². The van der Waals surface area contributed by atoms with Crippen LogP contribution in [0.1, 0.15) is 22.2 Å². The van der Waals surface area contributed by atoms with Gasteiger partial charge in [-0.1, -0.05) is 22.0 Å². The van der Waals surface area contributed by atoms with E-state index < -0.39 is 10.0 Å². The van der Waals surface area contributed by atoms with Crippen molar-refractivity contribution in [3.05, 3.63) is 81.0 Å². The molecular weight excluding hydrogens is 460 g/mol. The first-order valence-corrected chi connectivity index (χ1v) is 11.7. The van der Waals surface area contributed by atoms with Crippen molar-refractivity contribution in [3.63, 3.8) is 0 Å². The molecule has 0 saturated heterocycles. The first-order chi connectivity index (χ1) is 13.3. The quantitative estimate of drug-likeness (QED) is 0.517. The second-order valence-electron chi connectivity index (χ2n) is 6.29. The van der Waals surface area contributed by atoms with Crippen LogP contribution < -0.4 is 10.0 Å². The number of carbonyl (C=O) groups excluding carboxylic acids is 1. The van der Waals surface area contributed by atoms with Gasteiger partial charge in [-0.05, 0) is 66.9 Å². The summed E-state index contributed by atoms with van der Waals surface area (Å²) in [5, 5.41) is 4.97. The number of carbonyl (C=O) groups is 1. The van der Waals surface area contributed by atoms with E-state index in [0.717, 1.165) is 10.9 Å². The first kappa shape index (κ1) is 20.6. The summed E-state index contributed by atoms with van der Waals surface area (Å²) in [5.74, 6) is -0.189. The van der Waals surface area contributed by atoms with E-state index in [4.69, 9.17) is 0 Å². The fourth-order valence-corrected chi connectivity index (χ4v) is 4.76. The molecule has 3 rings (SSSR count). The Labute approximate surface area is 177 Å². The van der Waals surface area contributed by atoms with Gasteiger partial charge in [0.25, 0.3) is 15.9 Å². The SMILES string of the molecule is CC(Cc1cccs1)NC(=O)c1ccc(NS(=O)(=O)c2ccc(Br)cc2)cc1. The van der Waals surface area contributed by atoms with Crippen LogP contribution in [-0.4, -0.2) is 20.4 Å². The van der Waals surface area contributed by atoms with Crippen LogP contribution in [-0.2, 0) is 16.4 Å². The lowest BCUT2D eigenvalue weighted by molar-refractivity contribution is 0.0940. The molecule has 1 amide bonds. The van der Waals surface area contributed by atoms with Crippen molar-refractivity contribution in [2.24, 2.45) is 0 Å². The summed E-state index contributed by atoms with van der Waals surface area (Å²) in [5.41, 5.74) is 0.871. The third-order valence-corrected chi connectivity index (χ3v) is 6.81. The van der Waals surface area contributed by atoms with E-state index in [1.807, 2.05) is 24.4 Å². The highest BCUT2D eigenvalue weighted by atomic mass is 79.9. The minimum atomic E-state index is -3.68. The highest BCUT2D eigenvalue weighted by Crippen LogP contribution is 2.19. The summed E-state index contributed by atoms with van der Waals surface area (Å²) >= 11 is 4.94. The Morgan fingerprint density at radius 2 is 1.75 bits per heavy atom. The summed E-state index contributed by atoms with van der Waals surface area (Å²) < 4.78 is 28.2. The summed E-state index contributed by atoms with van der Waals surface area (Å²) in [4.78, 5) is 13.8. The molecule has 1 unspecified atom stereocenters. The number of thiophene rings is 1. The molecule has 5 nitrogen and oxygen atoms in total. The van der Waals surface area contributed by atoms with Crippen LogP contribution >= 0.6 is 27.3 Å². The fraction of sp³-hybridized carbons (Fsp3) is 0.150. The number of halogens is 1. The molecule has 2 aromatic carbocycles. The van der Waals surface area contributed by atoms with Crippen LogP contribution in [0.15, 0.2) is 75.4 Å². The van der Waals surface area contributed by atoms with Crippen molar-refractivity contribution in [3.8, 4) is 0 Å². The molecule has 8 heteroatoms. The molecule has 0 spiro atoms. The maximum absolute atomic E-state index is 12.4. The standard InChI is InChI=1S/C20H19BrN2O3S2/c1-14(13-18-3-2-12-27-18)22-20(24)15-4-8-17(9-5-15)23-28(25,26)19-10-6-16(21)7-11-19/h2-12,14,23H,13H2,1H3,(H,22,24). The lowest BCUT2D eigenvalue weighted by atomic mass is 10.1. The van der Waals surface area contributed by atoms with Gasteiger partial charge >= 0.3 is 0 Å². The van der Waals surface area contributed by atoms with Gasteiger partial charge in [0.1, 0.15) is 0 Å². The number of rotatable bonds is 7. The Morgan fingerprint density at radius 3 is 2.36 bits per heavy atom. The molecule has 1 atom stereocenters. The average molecular weight is 479 g/mol. The minimum absolute atomic E-state index is 0.00161. The zero-order chi connectivity index (χ0) is 20.1. The zero-order valence-corrected chi connectivity index (χ0v) is 18.3. The van der Waals surface area contributed by atoms with Gasteiger partial charge in [0.2, 0.25) is 0 Å². The largest absolute Gasteiger partial charge is 0.349 e. The summed E-state index contributed by atoms with van der Waals surface area (Å²) in [6.45, 7) is 1.96. The maximum Gasteiger partial charge on any atom is 0.261 e. The van der Waals surface area contributed by atoms with Crippen LogP contribution in [0, 0.1) is 0 Å². The third-order valence-electron chi connectivity index (χ3n) is 3.99. The van der Waals surface area contributed by atoms with Gasteiger partial charge in [-0.2, -0.15) is 0 Å². The van der Waals surface area contributed by atoms with Crippen LogP contribution in [0.5, 0.6) is 0 Å². The van der Waals surface area contributed by atoms with Crippen molar-refractivity contribution >= 4 is 48.9 Å². The number of benzene rings is 2. The third kappa shape index (κ3) is 5.43. The number of amides is 1. The van der Waals surface area contributed by atoms with Crippen molar-refractivity contribution in [2.45, 2.75) is 24.3 Å². The number of anilines is 1. The molecule has 0 fully saturated rings. The molecule has 2 N–H and O–H groups in total. The van der Waals surface area contributed by atoms with Gasteiger partial charge in [0.05, 0.1) is 4.90 Å². The van der Waals surface area contributed by atoms with E-state index in [2.05, 4.69) is 26.0 Å². The Hall–Kier alpha value is -2.16. The van der Waals surface area contributed by atoms with Gasteiger partial charge < -0.3 is 5.32 Å². The molecule has 3 aromatic rings. The van der Waals surface area contributed by atoms with Crippen LogP contribution in [0.25, 0.3) is 0 Å². The lowest BCUT2D eigenvalue weighted by Gasteiger charge is -2.13. The summed E-state index contributed by atoms with van der Waals surface area (Å²) in [6.07, 6.45) is 0.772. The minimum Gasteiger partial charge on any atom is -0.349 e. The van der Waals surface area contributed by atoms with Gasteiger partial charge in [-0.3, -0.25) is 9.52 Å². The molecule has 0 bridgehead atoms. The van der Waals surface area contributed by atoms with E-state index in [-0.39, 0.29) is 16.8 Å². The molecule has 0 radical (unpaired) electrons. The number of hydrogen-bond donors (Lipinski definition) is 2. The molecule has 0 saturated carbocycles. The number of nitrogens with one attached hydrogen (secondary N) is 2. The molecule has 1 aromatic heterocycles. The Kier molecular flexibility index (Phi) is 6.53. The molecule has 0 aliphatic rings. The van der Waals surface area contributed by atoms with E-state index >= 15 is 0 Å². The predicted molar refractivity (Wildman–Crippen MR) is 116 cm³/mol. The van der Waals surface area contributed by atoms with Crippen molar-refractivity contribution in [1.82, 2.24) is 5.32 Å². The van der Waals surface area contributed by atoms with Crippen molar-refractivity contribution in [1.29, 1.82) is 0 Å². The monoisotopic (exact) mass is 478 g/mol. The van der Waals surface area contributed by atoms with E-state index in [1.165, 1.54) is 17.0 Å². The second-order valence-corrected chi connectivity index (χ2v) is 9.93. The van der Waals surface area contributed by atoms with Gasteiger partial charge in [0, 0.05) is 33.1 Å². The smallest absolute Gasteiger partial charge is 0.261 e. The highest BCUT2D eigenvalue weighted by molar-refractivity contribution is 9.10. The molecular formula is C20H19BrN2O3S2. The number of sulfonamides is 1. The van der Waals surface area contributed by atoms with Crippen LogP contribution in [0.2, 0.25) is 0 Å². The topological polar surface area (TPSA) is 75.3 Å². The zero-order valence-electron chi connectivity index (χ0n) is 15.1. The van der Waals surface area contributed by atoms with Crippen LogP contribution in [0.4, 0.5) is 5.69 Å². The second kappa shape index (κ2) is 8.89. The van der Waals surface area contributed by atoms with E-state index in [9.17, 15) is 13.2 Å². The van der Waals surface area contributed by atoms with E-state index in [0.29, 0.717) is 11.3 Å². The normalized spacial score (nSPS) is 12.4. The molecule has 0 aliphatic heterocycles. The highest BCUT2D eigenvalue weighted by Gasteiger charge is 2.15. The van der Waals surface area contributed by atoms with Gasteiger partial charge in [-0.25, -0.2) is 8.42 Å². The predicted octanol–water partition coefficient (Wildman–Crippen LogP) is 4.67. The Bertz CT molecular complexity index is 1030. The first-order valence-electron chi connectivity index (χ1n) is 8.55. The van der Waals surface area contributed by atoms with Crippen LogP contribution in [0.3, 0.4) is 0 Å². The fourth-order valence-electron chi connectivity index (χ4n) is 2.61. The molecule has 1 heterocycles. The van der Waals surface area contributed by atoms with Gasteiger partial charge in [0.15, 0.2) is 0 Å². The van der Waals surface area contributed by atoms with E-state index in [1.54, 1.807) is 47.7 Å². The summed E-state index contributed by atoms with van der Waals surface area (Å²) in [7, 11) is -3.68. The van der Waals surface area contributed by atoms with Gasteiger partial charge in [-0.15, -0.1) is 11.3 Å². The molecule has 28 heavy (non-hydrogen) atoms. The number of hydrogen-bond acceptors (Lipinski definition) is 4. The molecule has 0 aliphatic carbocycles. The Morgan fingerprint density at radius 1 is 1.07 bits per heavy atom.